The van der Waals surface area contributed by atoms with Crippen LogP contribution in [0.4, 0.5) is 0 Å². The molecule has 1 heterocycles. The molecule has 0 aliphatic rings. The molecule has 4 heteroatoms. The SMILES string of the molecule is CCC(CO)NCc1cccnc1C.Cl. The number of rotatable bonds is 5. The van der Waals surface area contributed by atoms with Crippen LogP contribution in [-0.2, 0) is 6.54 Å². The van der Waals surface area contributed by atoms with Gasteiger partial charge in [0.15, 0.2) is 0 Å². The summed E-state index contributed by atoms with van der Waals surface area (Å²) in [5.41, 5.74) is 2.24. The fourth-order valence-electron chi connectivity index (χ4n) is 1.30. The Hall–Kier alpha value is -0.640. The van der Waals surface area contributed by atoms with E-state index in [4.69, 9.17) is 5.11 Å². The van der Waals surface area contributed by atoms with Crippen molar-refractivity contribution in [2.45, 2.75) is 32.9 Å². The molecule has 0 saturated heterocycles. The number of halogens is 1. The Morgan fingerprint density at radius 3 is 2.80 bits per heavy atom. The molecule has 3 nitrogen and oxygen atoms in total. The zero-order valence-electron chi connectivity index (χ0n) is 9.23. The van der Waals surface area contributed by atoms with Crippen molar-refractivity contribution >= 4 is 12.4 Å². The Kier molecular flexibility index (Phi) is 7.30. The van der Waals surface area contributed by atoms with Crippen LogP contribution in [-0.4, -0.2) is 22.7 Å². The summed E-state index contributed by atoms with van der Waals surface area (Å²) in [6.07, 6.45) is 2.73. The molecule has 0 amide bonds. The summed E-state index contributed by atoms with van der Waals surface area (Å²) in [4.78, 5) is 4.21. The minimum Gasteiger partial charge on any atom is -0.395 e. The van der Waals surface area contributed by atoms with Crippen LogP contribution in [0.25, 0.3) is 0 Å². The molecule has 15 heavy (non-hydrogen) atoms. The average Bonchev–Trinajstić information content (AvgIpc) is 2.22. The lowest BCUT2D eigenvalue weighted by Crippen LogP contribution is -2.31. The Morgan fingerprint density at radius 2 is 2.27 bits per heavy atom. The largest absolute Gasteiger partial charge is 0.395 e. The van der Waals surface area contributed by atoms with E-state index in [1.54, 1.807) is 6.20 Å². The first-order chi connectivity index (χ1) is 6.77. The quantitative estimate of drug-likeness (QED) is 0.809. The van der Waals surface area contributed by atoms with Crippen LogP contribution in [0.2, 0.25) is 0 Å². The number of nitrogens with one attached hydrogen (secondary N) is 1. The predicted molar refractivity (Wildman–Crippen MR) is 64.2 cm³/mol. The standard InChI is InChI=1S/C11H18N2O.ClH/c1-3-11(8-14)13-7-10-5-4-6-12-9(10)2;/h4-6,11,13-14H,3,7-8H2,1-2H3;1H. The fraction of sp³-hybridized carbons (Fsp3) is 0.545. The molecular formula is C11H19ClN2O. The van der Waals surface area contributed by atoms with E-state index in [1.807, 2.05) is 13.0 Å². The first-order valence-electron chi connectivity index (χ1n) is 5.02. The Morgan fingerprint density at radius 1 is 1.53 bits per heavy atom. The zero-order chi connectivity index (χ0) is 10.4. The van der Waals surface area contributed by atoms with Gasteiger partial charge in [0.1, 0.15) is 0 Å². The Bertz CT molecular complexity index is 277. The van der Waals surface area contributed by atoms with Gasteiger partial charge in [-0.15, -0.1) is 12.4 Å². The average molecular weight is 231 g/mol. The van der Waals surface area contributed by atoms with E-state index in [0.717, 1.165) is 18.7 Å². The molecule has 0 aromatic carbocycles. The van der Waals surface area contributed by atoms with Crippen LogP contribution in [0.5, 0.6) is 0 Å². The van der Waals surface area contributed by atoms with E-state index >= 15 is 0 Å². The molecule has 1 rings (SSSR count). The molecular weight excluding hydrogens is 212 g/mol. The molecule has 0 aliphatic carbocycles. The lowest BCUT2D eigenvalue weighted by atomic mass is 10.2. The van der Waals surface area contributed by atoms with Crippen LogP contribution in [0, 0.1) is 6.92 Å². The van der Waals surface area contributed by atoms with Crippen LogP contribution in [0.15, 0.2) is 18.3 Å². The van der Waals surface area contributed by atoms with Gasteiger partial charge in [-0.25, -0.2) is 0 Å². The summed E-state index contributed by atoms with van der Waals surface area (Å²) in [5, 5.41) is 12.3. The highest BCUT2D eigenvalue weighted by atomic mass is 35.5. The minimum absolute atomic E-state index is 0. The summed E-state index contributed by atoms with van der Waals surface area (Å²) in [6, 6.07) is 4.18. The van der Waals surface area contributed by atoms with Crippen molar-refractivity contribution < 1.29 is 5.11 Å². The van der Waals surface area contributed by atoms with Gasteiger partial charge in [-0.3, -0.25) is 4.98 Å². The van der Waals surface area contributed by atoms with Crippen molar-refractivity contribution in [3.8, 4) is 0 Å². The second kappa shape index (κ2) is 7.63. The highest BCUT2D eigenvalue weighted by Gasteiger charge is 2.04. The number of hydrogen-bond donors (Lipinski definition) is 2. The zero-order valence-corrected chi connectivity index (χ0v) is 10.0. The van der Waals surface area contributed by atoms with Crippen LogP contribution in [0.1, 0.15) is 24.6 Å². The molecule has 1 atom stereocenters. The third kappa shape index (κ3) is 4.60. The molecule has 0 fully saturated rings. The first-order valence-corrected chi connectivity index (χ1v) is 5.02. The van der Waals surface area contributed by atoms with E-state index in [1.165, 1.54) is 5.56 Å². The normalized spacial score (nSPS) is 11.9. The van der Waals surface area contributed by atoms with E-state index in [9.17, 15) is 0 Å². The number of aliphatic hydroxyl groups is 1. The van der Waals surface area contributed by atoms with Crippen molar-refractivity contribution in [2.75, 3.05) is 6.61 Å². The van der Waals surface area contributed by atoms with Gasteiger partial charge >= 0.3 is 0 Å². The van der Waals surface area contributed by atoms with Gasteiger partial charge in [-0.05, 0) is 25.0 Å². The van der Waals surface area contributed by atoms with Crippen LogP contribution in [0.3, 0.4) is 0 Å². The molecule has 2 N–H and O–H groups in total. The van der Waals surface area contributed by atoms with Crippen molar-refractivity contribution in [2.24, 2.45) is 0 Å². The minimum atomic E-state index is 0. The number of hydrogen-bond acceptors (Lipinski definition) is 3. The second-order valence-corrected chi connectivity index (χ2v) is 3.42. The third-order valence-electron chi connectivity index (χ3n) is 2.41. The topological polar surface area (TPSA) is 45.1 Å². The number of nitrogens with zero attached hydrogens (tertiary/aromatic N) is 1. The molecule has 0 radical (unpaired) electrons. The molecule has 0 aliphatic heterocycles. The Balaban J connectivity index is 0.00000196. The first kappa shape index (κ1) is 14.4. The summed E-state index contributed by atoms with van der Waals surface area (Å²) < 4.78 is 0. The molecule has 1 aromatic heterocycles. The maximum Gasteiger partial charge on any atom is 0.0584 e. The van der Waals surface area contributed by atoms with Crippen molar-refractivity contribution in [1.29, 1.82) is 0 Å². The summed E-state index contributed by atoms with van der Waals surface area (Å²) in [5.74, 6) is 0. The Labute approximate surface area is 97.3 Å². The number of aliphatic hydroxyl groups excluding tert-OH is 1. The van der Waals surface area contributed by atoms with Gasteiger partial charge in [0.2, 0.25) is 0 Å². The highest BCUT2D eigenvalue weighted by molar-refractivity contribution is 5.85. The predicted octanol–water partition coefficient (Wildman–Crippen LogP) is 1.67. The molecule has 0 bridgehead atoms. The van der Waals surface area contributed by atoms with Gasteiger partial charge in [0, 0.05) is 24.5 Å². The fourth-order valence-corrected chi connectivity index (χ4v) is 1.30. The van der Waals surface area contributed by atoms with E-state index < -0.39 is 0 Å². The van der Waals surface area contributed by atoms with Crippen LogP contribution < -0.4 is 5.32 Å². The van der Waals surface area contributed by atoms with Crippen molar-refractivity contribution in [1.82, 2.24) is 10.3 Å². The van der Waals surface area contributed by atoms with Crippen molar-refractivity contribution in [3.05, 3.63) is 29.6 Å². The van der Waals surface area contributed by atoms with Gasteiger partial charge in [0.05, 0.1) is 6.61 Å². The lowest BCUT2D eigenvalue weighted by molar-refractivity contribution is 0.238. The number of aromatic nitrogens is 1. The van der Waals surface area contributed by atoms with E-state index in [2.05, 4.69) is 23.3 Å². The molecule has 86 valence electrons. The highest BCUT2D eigenvalue weighted by Crippen LogP contribution is 2.03. The maximum absolute atomic E-state index is 9.00. The summed E-state index contributed by atoms with van der Waals surface area (Å²) in [6.45, 7) is 5.02. The summed E-state index contributed by atoms with van der Waals surface area (Å²) >= 11 is 0. The molecule has 1 unspecified atom stereocenters. The van der Waals surface area contributed by atoms with Gasteiger partial charge in [-0.1, -0.05) is 13.0 Å². The van der Waals surface area contributed by atoms with Crippen molar-refractivity contribution in [3.63, 3.8) is 0 Å². The molecule has 0 saturated carbocycles. The van der Waals surface area contributed by atoms with E-state index in [-0.39, 0.29) is 25.1 Å². The number of aryl methyl sites for hydroxylation is 1. The summed E-state index contributed by atoms with van der Waals surface area (Å²) in [7, 11) is 0. The number of pyridine rings is 1. The molecule has 1 aromatic rings. The van der Waals surface area contributed by atoms with E-state index in [0.29, 0.717) is 0 Å². The maximum atomic E-state index is 9.00. The van der Waals surface area contributed by atoms with Gasteiger partial charge in [-0.2, -0.15) is 0 Å². The monoisotopic (exact) mass is 230 g/mol. The van der Waals surface area contributed by atoms with Gasteiger partial charge < -0.3 is 10.4 Å². The lowest BCUT2D eigenvalue weighted by Gasteiger charge is -2.14. The van der Waals surface area contributed by atoms with Gasteiger partial charge in [0.25, 0.3) is 0 Å². The second-order valence-electron chi connectivity index (χ2n) is 3.42. The molecule has 0 spiro atoms. The third-order valence-corrected chi connectivity index (χ3v) is 2.41. The van der Waals surface area contributed by atoms with Crippen LogP contribution >= 0.6 is 12.4 Å². The smallest absolute Gasteiger partial charge is 0.0584 e.